The molecule has 0 aromatic rings. The molecule has 0 amide bonds. The topological polar surface area (TPSA) is 46.2 Å². The summed E-state index contributed by atoms with van der Waals surface area (Å²) in [6, 6.07) is -0.776. The first-order valence-corrected chi connectivity index (χ1v) is 3.43. The molecule has 1 aliphatic rings. The maximum atomic E-state index is 9.47. The molecule has 0 radical (unpaired) electrons. The molecule has 0 aromatic heterocycles. The second-order valence-corrected chi connectivity index (χ2v) is 3.16. The summed E-state index contributed by atoms with van der Waals surface area (Å²) in [6.45, 7) is 1.81. The average Bonchev–Trinajstić information content (AvgIpc) is 1.79. The Balaban J connectivity index is 2.46. The van der Waals surface area contributed by atoms with Gasteiger partial charge < -0.3 is 10.8 Å². The van der Waals surface area contributed by atoms with Crippen molar-refractivity contribution in [2.24, 2.45) is 5.73 Å². The molecule has 54 valence electrons. The van der Waals surface area contributed by atoms with Gasteiger partial charge in [-0.1, -0.05) is 0 Å². The maximum Gasteiger partial charge on any atom is 0.0621 e. The fourth-order valence-electron chi connectivity index (χ4n) is 1.11. The molecule has 2 heteroatoms. The minimum absolute atomic E-state index is 0.566. The van der Waals surface area contributed by atoms with E-state index in [-0.39, 0.29) is 0 Å². The highest BCUT2D eigenvalue weighted by atomic mass is 16.3. The molecule has 0 bridgehead atoms. The zero-order chi connectivity index (χ0) is 7.83. The molecule has 1 aliphatic carbocycles. The molecule has 1 saturated carbocycles. The van der Waals surface area contributed by atoms with Crippen LogP contribution in [-0.4, -0.2) is 16.7 Å². The van der Waals surface area contributed by atoms with Gasteiger partial charge in [-0.3, -0.25) is 0 Å². The zero-order valence-corrected chi connectivity index (χ0v) is 5.85. The largest absolute Gasteiger partial charge is 0.390 e. The van der Waals surface area contributed by atoms with Crippen LogP contribution in [0, 0.1) is 0 Å². The fourth-order valence-corrected chi connectivity index (χ4v) is 1.11. The molecule has 0 spiro atoms. The SMILES string of the molecule is [2H]C1(N)CCC(C)(O)CC1. The van der Waals surface area contributed by atoms with Gasteiger partial charge in [-0.15, -0.1) is 0 Å². The Kier molecular flexibility index (Phi) is 1.44. The van der Waals surface area contributed by atoms with Gasteiger partial charge in [-0.2, -0.15) is 0 Å². The summed E-state index contributed by atoms with van der Waals surface area (Å²) in [5.41, 5.74) is 4.99. The number of rotatable bonds is 0. The van der Waals surface area contributed by atoms with E-state index in [1.165, 1.54) is 0 Å². The van der Waals surface area contributed by atoms with Crippen LogP contribution >= 0.6 is 0 Å². The zero-order valence-electron chi connectivity index (χ0n) is 6.85. The van der Waals surface area contributed by atoms with E-state index in [0.717, 1.165) is 0 Å². The van der Waals surface area contributed by atoms with E-state index in [1.807, 2.05) is 6.92 Å². The third-order valence-electron chi connectivity index (χ3n) is 1.97. The van der Waals surface area contributed by atoms with Crippen LogP contribution in [0.4, 0.5) is 0 Å². The smallest absolute Gasteiger partial charge is 0.0621 e. The Labute approximate surface area is 57.5 Å². The Morgan fingerprint density at radius 3 is 2.44 bits per heavy atom. The maximum absolute atomic E-state index is 9.47. The minimum Gasteiger partial charge on any atom is -0.390 e. The van der Waals surface area contributed by atoms with Crippen LogP contribution in [0.5, 0.6) is 0 Å². The molecule has 1 fully saturated rings. The van der Waals surface area contributed by atoms with E-state index in [1.54, 1.807) is 0 Å². The summed E-state index contributed by atoms with van der Waals surface area (Å²) >= 11 is 0. The lowest BCUT2D eigenvalue weighted by atomic mass is 9.84. The number of hydrogen-bond donors (Lipinski definition) is 2. The minimum atomic E-state index is -0.776. The first-order chi connectivity index (χ1) is 4.41. The van der Waals surface area contributed by atoms with Crippen LogP contribution in [0.3, 0.4) is 0 Å². The van der Waals surface area contributed by atoms with Gasteiger partial charge in [0, 0.05) is 7.39 Å². The summed E-state index contributed by atoms with van der Waals surface area (Å²) < 4.78 is 7.47. The van der Waals surface area contributed by atoms with Crippen LogP contribution in [0.2, 0.25) is 0 Å². The molecule has 3 N–H and O–H groups in total. The van der Waals surface area contributed by atoms with Crippen molar-refractivity contribution in [3.8, 4) is 0 Å². The average molecular weight is 130 g/mol. The predicted octanol–water partition coefficient (Wildman–Crippen LogP) is 0.639. The van der Waals surface area contributed by atoms with Crippen LogP contribution in [-0.2, 0) is 0 Å². The van der Waals surface area contributed by atoms with Crippen LogP contribution < -0.4 is 5.73 Å². The van der Waals surface area contributed by atoms with Crippen molar-refractivity contribution in [1.29, 1.82) is 0 Å². The highest BCUT2D eigenvalue weighted by Crippen LogP contribution is 2.26. The monoisotopic (exact) mass is 130 g/mol. The van der Waals surface area contributed by atoms with Crippen LogP contribution in [0.25, 0.3) is 0 Å². The third-order valence-corrected chi connectivity index (χ3v) is 1.97. The first-order valence-electron chi connectivity index (χ1n) is 3.93. The van der Waals surface area contributed by atoms with E-state index < -0.39 is 11.6 Å². The Morgan fingerprint density at radius 1 is 1.67 bits per heavy atom. The summed E-state index contributed by atoms with van der Waals surface area (Å²) in [7, 11) is 0. The quantitative estimate of drug-likeness (QED) is 0.505. The second-order valence-electron chi connectivity index (χ2n) is 3.16. The van der Waals surface area contributed by atoms with Gasteiger partial charge in [-0.25, -0.2) is 0 Å². The van der Waals surface area contributed by atoms with Crippen molar-refractivity contribution in [1.82, 2.24) is 0 Å². The molecule has 0 heterocycles. The van der Waals surface area contributed by atoms with Gasteiger partial charge in [0.15, 0.2) is 0 Å². The Hall–Kier alpha value is -0.0800. The van der Waals surface area contributed by atoms with Crippen molar-refractivity contribution >= 4 is 0 Å². The molecule has 1 rings (SSSR count). The van der Waals surface area contributed by atoms with Gasteiger partial charge in [0.2, 0.25) is 0 Å². The highest BCUT2D eigenvalue weighted by Gasteiger charge is 2.26. The fraction of sp³-hybridized carbons (Fsp3) is 1.00. The van der Waals surface area contributed by atoms with Crippen molar-refractivity contribution in [2.45, 2.75) is 44.2 Å². The lowest BCUT2D eigenvalue weighted by Gasteiger charge is -2.30. The summed E-state index contributed by atoms with van der Waals surface area (Å²) in [4.78, 5) is 0. The molecule has 0 aromatic carbocycles. The summed E-state index contributed by atoms with van der Waals surface area (Å²) in [5.74, 6) is 0. The van der Waals surface area contributed by atoms with E-state index in [4.69, 9.17) is 7.10 Å². The lowest BCUT2D eigenvalue weighted by Crippen LogP contribution is -2.36. The van der Waals surface area contributed by atoms with Gasteiger partial charge in [0.25, 0.3) is 0 Å². The molecule has 2 nitrogen and oxygen atoms in total. The van der Waals surface area contributed by atoms with Crippen LogP contribution in [0.15, 0.2) is 0 Å². The van der Waals surface area contributed by atoms with Crippen LogP contribution in [0.1, 0.15) is 34.0 Å². The molecule has 0 unspecified atom stereocenters. The summed E-state index contributed by atoms with van der Waals surface area (Å²) in [6.07, 6.45) is 2.54. The van der Waals surface area contributed by atoms with E-state index in [0.29, 0.717) is 25.7 Å². The van der Waals surface area contributed by atoms with Crippen molar-refractivity contribution < 1.29 is 6.48 Å². The molecule has 0 saturated heterocycles. The van der Waals surface area contributed by atoms with Gasteiger partial charge in [0.05, 0.1) is 5.60 Å². The third kappa shape index (κ3) is 1.95. The normalized spacial score (nSPS) is 54.8. The lowest BCUT2D eigenvalue weighted by molar-refractivity contribution is 0.0178. The second kappa shape index (κ2) is 2.27. The van der Waals surface area contributed by atoms with Gasteiger partial charge >= 0.3 is 0 Å². The number of aliphatic hydroxyl groups is 1. The van der Waals surface area contributed by atoms with Crippen molar-refractivity contribution in [3.05, 3.63) is 0 Å². The number of hydrogen-bond acceptors (Lipinski definition) is 2. The van der Waals surface area contributed by atoms with Gasteiger partial charge in [0.1, 0.15) is 0 Å². The van der Waals surface area contributed by atoms with Gasteiger partial charge in [-0.05, 0) is 32.6 Å². The number of nitrogens with two attached hydrogens (primary N) is 1. The van der Waals surface area contributed by atoms with E-state index in [2.05, 4.69) is 0 Å². The molecular weight excluding hydrogens is 114 g/mol. The van der Waals surface area contributed by atoms with E-state index >= 15 is 0 Å². The molecular formula is C7H15NO. The molecule has 9 heavy (non-hydrogen) atoms. The standard InChI is InChI=1S/C7H15NO/c1-7(9)4-2-6(8)3-5-7/h6,9H,2-5,8H2,1H3/i6D. The Morgan fingerprint density at radius 2 is 2.11 bits per heavy atom. The summed E-state index contributed by atoms with van der Waals surface area (Å²) in [5, 5.41) is 9.47. The Bertz CT molecular complexity index is 106. The predicted molar refractivity (Wildman–Crippen MR) is 37.1 cm³/mol. The molecule has 0 atom stereocenters. The van der Waals surface area contributed by atoms with E-state index in [9.17, 15) is 5.11 Å². The highest BCUT2D eigenvalue weighted by molar-refractivity contribution is 4.82. The first kappa shape index (κ1) is 5.69. The molecule has 0 aliphatic heterocycles. The van der Waals surface area contributed by atoms with Crippen molar-refractivity contribution in [3.63, 3.8) is 0 Å². The van der Waals surface area contributed by atoms with Crippen molar-refractivity contribution in [2.75, 3.05) is 0 Å².